The zero-order chi connectivity index (χ0) is 15.1. The molecule has 6 nitrogen and oxygen atoms in total. The smallest absolute Gasteiger partial charge is 0.312 e. The maximum absolute atomic E-state index is 11.9. The van der Waals surface area contributed by atoms with Gasteiger partial charge in [-0.15, -0.1) is 0 Å². The van der Waals surface area contributed by atoms with E-state index in [-0.39, 0.29) is 18.9 Å². The van der Waals surface area contributed by atoms with Gasteiger partial charge in [0.05, 0.1) is 13.0 Å². The van der Waals surface area contributed by atoms with Crippen molar-refractivity contribution in [2.45, 2.75) is 52.5 Å². The van der Waals surface area contributed by atoms with Gasteiger partial charge in [0, 0.05) is 12.1 Å². The number of carbonyl (C=O) groups excluding carboxylic acids is 2. The van der Waals surface area contributed by atoms with Gasteiger partial charge in [0.15, 0.2) is 0 Å². The van der Waals surface area contributed by atoms with Crippen molar-refractivity contribution in [3.05, 3.63) is 0 Å². The molecule has 0 aromatic carbocycles. The molecule has 0 atom stereocenters. The van der Waals surface area contributed by atoms with Gasteiger partial charge in [0.2, 0.25) is 5.91 Å². The number of rotatable bonds is 8. The van der Waals surface area contributed by atoms with E-state index in [1.807, 2.05) is 20.8 Å². The molecule has 0 bridgehead atoms. The first-order valence-electron chi connectivity index (χ1n) is 6.42. The molecule has 1 N–H and O–H groups in total. The van der Waals surface area contributed by atoms with Crippen LogP contribution < -0.4 is 0 Å². The number of carboxylic acid groups (broad SMARTS) is 1. The van der Waals surface area contributed by atoms with Crippen LogP contribution in [0.5, 0.6) is 0 Å². The van der Waals surface area contributed by atoms with Gasteiger partial charge >= 0.3 is 11.9 Å². The Hall–Kier alpha value is -1.59. The fourth-order valence-corrected chi connectivity index (χ4v) is 1.62. The topological polar surface area (TPSA) is 83.9 Å². The van der Waals surface area contributed by atoms with E-state index in [2.05, 4.69) is 0 Å². The number of carboxylic acids is 1. The molecule has 0 radical (unpaired) electrons. The van der Waals surface area contributed by atoms with Gasteiger partial charge in [-0.05, 0) is 27.2 Å². The van der Waals surface area contributed by atoms with Crippen LogP contribution in [0, 0.1) is 0 Å². The van der Waals surface area contributed by atoms with Gasteiger partial charge in [0.25, 0.3) is 0 Å². The van der Waals surface area contributed by atoms with Crippen molar-refractivity contribution < 1.29 is 24.2 Å². The molecule has 0 aromatic heterocycles. The maximum Gasteiger partial charge on any atom is 0.312 e. The highest BCUT2D eigenvalue weighted by Crippen LogP contribution is 2.20. The monoisotopic (exact) mass is 273 g/mol. The summed E-state index contributed by atoms with van der Waals surface area (Å²) in [5.74, 6) is -2.04. The van der Waals surface area contributed by atoms with Gasteiger partial charge in [-0.3, -0.25) is 14.4 Å². The zero-order valence-electron chi connectivity index (χ0n) is 12.1. The lowest BCUT2D eigenvalue weighted by molar-refractivity contribution is -0.148. The Labute approximate surface area is 113 Å². The number of carbonyl (C=O) groups is 3. The summed E-state index contributed by atoms with van der Waals surface area (Å²) in [6.07, 6.45) is 0.177. The highest BCUT2D eigenvalue weighted by molar-refractivity contribution is 5.93. The molecule has 0 aliphatic carbocycles. The van der Waals surface area contributed by atoms with Crippen LogP contribution in [-0.2, 0) is 19.1 Å². The third-order valence-electron chi connectivity index (χ3n) is 3.04. The van der Waals surface area contributed by atoms with Crippen molar-refractivity contribution in [2.75, 3.05) is 13.2 Å². The van der Waals surface area contributed by atoms with Crippen molar-refractivity contribution in [3.8, 4) is 0 Å². The lowest BCUT2D eigenvalue weighted by Crippen LogP contribution is -2.48. The lowest BCUT2D eigenvalue weighted by atomic mass is 9.98. The van der Waals surface area contributed by atoms with Crippen LogP contribution >= 0.6 is 0 Å². The van der Waals surface area contributed by atoms with Crippen molar-refractivity contribution in [3.63, 3.8) is 0 Å². The molecule has 0 rings (SSSR count). The molecule has 0 aromatic rings. The summed E-state index contributed by atoms with van der Waals surface area (Å²) in [6, 6.07) is 0. The number of ether oxygens (including phenoxy) is 1. The van der Waals surface area contributed by atoms with Crippen molar-refractivity contribution in [1.29, 1.82) is 0 Å². The van der Waals surface area contributed by atoms with E-state index >= 15 is 0 Å². The minimum absolute atomic E-state index is 0.0721. The minimum atomic E-state index is -1.17. The number of hydrogen-bond acceptors (Lipinski definition) is 4. The standard InChI is InChI=1S/C13H23NO5/c1-5-13(3,4)14(10(15)9-11(16)17)8-7-12(18)19-6-2/h5-9H2,1-4H3,(H,16,17). The molecule has 0 aliphatic rings. The summed E-state index contributed by atoms with van der Waals surface area (Å²) >= 11 is 0. The van der Waals surface area contributed by atoms with E-state index in [9.17, 15) is 14.4 Å². The second-order valence-corrected chi connectivity index (χ2v) is 4.84. The molecular weight excluding hydrogens is 250 g/mol. The Balaban J connectivity index is 4.73. The van der Waals surface area contributed by atoms with E-state index in [4.69, 9.17) is 9.84 Å². The van der Waals surface area contributed by atoms with Gasteiger partial charge in [-0.1, -0.05) is 6.92 Å². The summed E-state index contributed by atoms with van der Waals surface area (Å²) in [7, 11) is 0. The Morgan fingerprint density at radius 2 is 1.79 bits per heavy atom. The molecule has 0 spiro atoms. The molecule has 0 heterocycles. The predicted octanol–water partition coefficient (Wildman–Crippen LogP) is 1.43. The summed E-state index contributed by atoms with van der Waals surface area (Å²) in [5, 5.41) is 8.69. The van der Waals surface area contributed by atoms with Crippen LogP contribution in [0.15, 0.2) is 0 Å². The lowest BCUT2D eigenvalue weighted by Gasteiger charge is -2.37. The van der Waals surface area contributed by atoms with Gasteiger partial charge in [-0.25, -0.2) is 0 Å². The molecule has 1 amide bonds. The SMILES string of the molecule is CCOC(=O)CCN(C(=O)CC(=O)O)C(C)(C)CC. The van der Waals surface area contributed by atoms with Gasteiger partial charge < -0.3 is 14.7 Å². The van der Waals surface area contributed by atoms with Gasteiger partial charge in [-0.2, -0.15) is 0 Å². The molecule has 0 saturated heterocycles. The van der Waals surface area contributed by atoms with E-state index in [1.165, 1.54) is 4.90 Å². The molecule has 0 fully saturated rings. The fourth-order valence-electron chi connectivity index (χ4n) is 1.62. The van der Waals surface area contributed by atoms with E-state index in [1.54, 1.807) is 6.92 Å². The average molecular weight is 273 g/mol. The average Bonchev–Trinajstić information content (AvgIpc) is 2.28. The summed E-state index contributed by atoms with van der Waals surface area (Å²) in [6.45, 7) is 7.77. The van der Waals surface area contributed by atoms with E-state index < -0.39 is 23.8 Å². The Bertz CT molecular complexity index is 338. The highest BCUT2D eigenvalue weighted by atomic mass is 16.5. The molecule has 0 saturated carbocycles. The van der Waals surface area contributed by atoms with Crippen LogP contribution in [-0.4, -0.2) is 46.5 Å². The van der Waals surface area contributed by atoms with E-state index in [0.29, 0.717) is 13.0 Å². The highest BCUT2D eigenvalue weighted by Gasteiger charge is 2.30. The minimum Gasteiger partial charge on any atom is -0.481 e. The fraction of sp³-hybridized carbons (Fsp3) is 0.769. The first-order valence-corrected chi connectivity index (χ1v) is 6.42. The number of nitrogens with zero attached hydrogens (tertiary/aromatic N) is 1. The Morgan fingerprint density at radius 1 is 1.21 bits per heavy atom. The molecule has 6 heteroatoms. The Morgan fingerprint density at radius 3 is 2.21 bits per heavy atom. The predicted molar refractivity (Wildman–Crippen MR) is 69.6 cm³/mol. The molecule has 19 heavy (non-hydrogen) atoms. The largest absolute Gasteiger partial charge is 0.481 e. The maximum atomic E-state index is 11.9. The third kappa shape index (κ3) is 6.22. The number of aliphatic carboxylic acids is 1. The van der Waals surface area contributed by atoms with Crippen LogP contribution in [0.2, 0.25) is 0 Å². The first kappa shape index (κ1) is 17.4. The first-order chi connectivity index (χ1) is 8.74. The van der Waals surface area contributed by atoms with E-state index in [0.717, 1.165) is 0 Å². The quantitative estimate of drug-likeness (QED) is 0.534. The Kier molecular flexibility index (Phi) is 7.11. The van der Waals surface area contributed by atoms with Crippen molar-refractivity contribution in [1.82, 2.24) is 4.90 Å². The number of esters is 1. The number of hydrogen-bond donors (Lipinski definition) is 1. The normalized spacial score (nSPS) is 10.9. The summed E-state index contributed by atoms with van der Waals surface area (Å²) in [5.41, 5.74) is -0.487. The third-order valence-corrected chi connectivity index (χ3v) is 3.04. The molecule has 0 aliphatic heterocycles. The van der Waals surface area contributed by atoms with Crippen LogP contribution in [0.3, 0.4) is 0 Å². The second kappa shape index (κ2) is 7.76. The summed E-state index contributed by atoms with van der Waals surface area (Å²) < 4.78 is 4.81. The van der Waals surface area contributed by atoms with Crippen LogP contribution in [0.25, 0.3) is 0 Å². The van der Waals surface area contributed by atoms with Crippen LogP contribution in [0.1, 0.15) is 47.0 Å². The molecule has 0 unspecified atom stereocenters. The van der Waals surface area contributed by atoms with Crippen molar-refractivity contribution >= 4 is 17.8 Å². The zero-order valence-corrected chi connectivity index (χ0v) is 12.1. The number of amides is 1. The molecular formula is C13H23NO5. The molecule has 110 valence electrons. The van der Waals surface area contributed by atoms with Crippen molar-refractivity contribution in [2.24, 2.45) is 0 Å². The summed E-state index contributed by atoms with van der Waals surface area (Å²) in [4.78, 5) is 35.3. The van der Waals surface area contributed by atoms with Crippen LogP contribution in [0.4, 0.5) is 0 Å². The van der Waals surface area contributed by atoms with Gasteiger partial charge in [0.1, 0.15) is 6.42 Å². The second-order valence-electron chi connectivity index (χ2n) is 4.84.